The van der Waals surface area contributed by atoms with Crippen molar-refractivity contribution in [1.82, 2.24) is 0 Å². The molecule has 1 aromatic rings. The van der Waals surface area contributed by atoms with Gasteiger partial charge in [0.15, 0.2) is 0 Å². The highest BCUT2D eigenvalue weighted by Crippen LogP contribution is 2.58. The Hall–Kier alpha value is -1.91. The molecule has 23 heavy (non-hydrogen) atoms. The molecular weight excluding hydrogens is 292 g/mol. The minimum Gasteiger partial charge on any atom is -0.454 e. The van der Waals surface area contributed by atoms with Crippen LogP contribution in [0.1, 0.15) is 44.7 Å². The number of ketones is 1. The first kappa shape index (κ1) is 14.7. The van der Waals surface area contributed by atoms with Crippen LogP contribution in [-0.4, -0.2) is 21.8 Å². The van der Waals surface area contributed by atoms with Gasteiger partial charge < -0.3 is 14.9 Å². The van der Waals surface area contributed by atoms with Gasteiger partial charge in [-0.25, -0.2) is 0 Å². The highest BCUT2D eigenvalue weighted by molar-refractivity contribution is 6.12. The van der Waals surface area contributed by atoms with Gasteiger partial charge in [-0.1, -0.05) is 39.0 Å². The van der Waals surface area contributed by atoms with Crippen LogP contribution >= 0.6 is 0 Å². The lowest BCUT2D eigenvalue weighted by molar-refractivity contribution is -0.202. The Morgan fingerprint density at radius 2 is 1.83 bits per heavy atom. The van der Waals surface area contributed by atoms with Crippen LogP contribution in [0.3, 0.4) is 0 Å². The summed E-state index contributed by atoms with van der Waals surface area (Å²) in [4.78, 5) is 12.9. The molecule has 4 rings (SSSR count). The zero-order chi connectivity index (χ0) is 16.6. The second kappa shape index (κ2) is 4.13. The van der Waals surface area contributed by atoms with Crippen molar-refractivity contribution in [3.8, 4) is 5.75 Å². The molecule has 0 aromatic heterocycles. The van der Waals surface area contributed by atoms with E-state index in [-0.39, 0.29) is 5.41 Å². The maximum Gasteiger partial charge on any atom is 0.276 e. The van der Waals surface area contributed by atoms with E-state index < -0.39 is 17.2 Å². The number of ether oxygens (including phenoxy) is 1. The molecule has 0 spiro atoms. The standard InChI is InChI=1S/C19H20O4/c1-17(2,3)11-8-9-15-14(10-11)18(21)16(20)12-6-4-5-7-13(12)19(18,22)23-15/h6-10,21-22H,4-5H2,1-3H3. The zero-order valence-corrected chi connectivity index (χ0v) is 13.5. The van der Waals surface area contributed by atoms with Gasteiger partial charge >= 0.3 is 0 Å². The first-order valence-electron chi connectivity index (χ1n) is 7.94. The summed E-state index contributed by atoms with van der Waals surface area (Å²) < 4.78 is 5.70. The van der Waals surface area contributed by atoms with E-state index in [1.165, 1.54) is 0 Å². The summed E-state index contributed by atoms with van der Waals surface area (Å²) in [5.41, 5.74) is -0.0976. The first-order chi connectivity index (χ1) is 10.7. The fraction of sp³-hybridized carbons (Fsp3) is 0.421. The number of fused-ring (bicyclic) bond motifs is 5. The van der Waals surface area contributed by atoms with E-state index in [9.17, 15) is 15.0 Å². The highest BCUT2D eigenvalue weighted by atomic mass is 16.7. The van der Waals surface area contributed by atoms with Crippen LogP contribution in [0.4, 0.5) is 0 Å². The third kappa shape index (κ3) is 1.60. The lowest BCUT2D eigenvalue weighted by atomic mass is 9.81. The van der Waals surface area contributed by atoms with E-state index in [4.69, 9.17) is 4.74 Å². The van der Waals surface area contributed by atoms with Gasteiger partial charge in [0.05, 0.1) is 0 Å². The van der Waals surface area contributed by atoms with Crippen molar-refractivity contribution in [2.45, 2.75) is 50.4 Å². The number of carbonyl (C=O) groups is 1. The van der Waals surface area contributed by atoms with Crippen LogP contribution in [0.25, 0.3) is 0 Å². The molecule has 1 saturated carbocycles. The molecule has 1 fully saturated rings. The van der Waals surface area contributed by atoms with Gasteiger partial charge in [0.2, 0.25) is 11.4 Å². The molecule has 2 unspecified atom stereocenters. The van der Waals surface area contributed by atoms with E-state index in [0.717, 1.165) is 18.4 Å². The molecule has 0 saturated heterocycles. The number of allylic oxidation sites excluding steroid dienone is 2. The number of carbonyl (C=O) groups excluding carboxylic acids is 1. The number of benzene rings is 1. The van der Waals surface area contributed by atoms with Crippen LogP contribution in [0.15, 0.2) is 41.5 Å². The molecule has 1 aliphatic heterocycles. The Labute approximate surface area is 135 Å². The predicted octanol–water partition coefficient (Wildman–Crippen LogP) is 2.48. The SMILES string of the molecule is CC(C)(C)c1ccc2c(c1)C1(O)C(=O)C3=CCCC=C3C1(O)O2. The lowest BCUT2D eigenvalue weighted by Crippen LogP contribution is -2.51. The molecule has 120 valence electrons. The van der Waals surface area contributed by atoms with Crippen molar-refractivity contribution < 1.29 is 19.7 Å². The monoisotopic (exact) mass is 312 g/mol. The van der Waals surface area contributed by atoms with Gasteiger partial charge in [0.1, 0.15) is 5.75 Å². The minimum absolute atomic E-state index is 0.140. The molecule has 2 N–H and O–H groups in total. The smallest absolute Gasteiger partial charge is 0.276 e. The summed E-state index contributed by atoms with van der Waals surface area (Å²) in [7, 11) is 0. The van der Waals surface area contributed by atoms with Crippen molar-refractivity contribution in [3.63, 3.8) is 0 Å². The molecule has 2 atom stereocenters. The fourth-order valence-corrected chi connectivity index (χ4v) is 3.72. The average molecular weight is 312 g/mol. The summed E-state index contributed by atoms with van der Waals surface area (Å²) in [6, 6.07) is 5.41. The average Bonchev–Trinajstić information content (AvgIpc) is 2.83. The van der Waals surface area contributed by atoms with Gasteiger partial charge in [-0.05, 0) is 36.0 Å². The van der Waals surface area contributed by atoms with Crippen molar-refractivity contribution in [2.75, 3.05) is 0 Å². The van der Waals surface area contributed by atoms with Crippen molar-refractivity contribution >= 4 is 5.78 Å². The Morgan fingerprint density at radius 1 is 1.13 bits per heavy atom. The molecular formula is C19H20O4. The molecule has 2 aliphatic carbocycles. The summed E-state index contributed by atoms with van der Waals surface area (Å²) in [6.45, 7) is 6.17. The van der Waals surface area contributed by atoms with Gasteiger partial charge in [0, 0.05) is 16.7 Å². The van der Waals surface area contributed by atoms with E-state index in [2.05, 4.69) is 20.8 Å². The maximum absolute atomic E-state index is 12.9. The Balaban J connectivity index is 1.97. The van der Waals surface area contributed by atoms with Crippen LogP contribution in [0.5, 0.6) is 5.75 Å². The summed E-state index contributed by atoms with van der Waals surface area (Å²) >= 11 is 0. The van der Waals surface area contributed by atoms with Crippen LogP contribution in [-0.2, 0) is 15.8 Å². The third-order valence-electron chi connectivity index (χ3n) is 5.08. The summed E-state index contributed by atoms with van der Waals surface area (Å²) in [6.07, 6.45) is 5.02. The molecule has 0 radical (unpaired) electrons. The Bertz CT molecular complexity index is 796. The number of rotatable bonds is 0. The topological polar surface area (TPSA) is 66.8 Å². The number of hydrogen-bond donors (Lipinski definition) is 2. The third-order valence-corrected chi connectivity index (χ3v) is 5.08. The van der Waals surface area contributed by atoms with E-state index in [0.29, 0.717) is 22.5 Å². The predicted molar refractivity (Wildman–Crippen MR) is 85.0 cm³/mol. The molecule has 4 heteroatoms. The second-order valence-electron chi connectivity index (χ2n) is 7.56. The first-order valence-corrected chi connectivity index (χ1v) is 7.94. The maximum atomic E-state index is 12.9. The lowest BCUT2D eigenvalue weighted by Gasteiger charge is -2.29. The molecule has 3 aliphatic rings. The van der Waals surface area contributed by atoms with E-state index in [1.807, 2.05) is 6.07 Å². The quantitative estimate of drug-likeness (QED) is 0.772. The van der Waals surface area contributed by atoms with Crippen LogP contribution in [0, 0.1) is 0 Å². The van der Waals surface area contributed by atoms with Gasteiger partial charge in [-0.2, -0.15) is 0 Å². The molecule has 0 bridgehead atoms. The molecule has 4 nitrogen and oxygen atoms in total. The highest BCUT2D eigenvalue weighted by Gasteiger charge is 2.72. The van der Waals surface area contributed by atoms with Crippen LogP contribution < -0.4 is 4.74 Å². The van der Waals surface area contributed by atoms with Crippen molar-refractivity contribution in [2.24, 2.45) is 0 Å². The number of Topliss-reactive ketones (excluding diaryl/α,β-unsaturated/α-hetero) is 1. The largest absolute Gasteiger partial charge is 0.454 e. The van der Waals surface area contributed by atoms with E-state index in [1.54, 1.807) is 24.3 Å². The van der Waals surface area contributed by atoms with Gasteiger partial charge in [0.25, 0.3) is 5.79 Å². The molecule has 1 aromatic carbocycles. The van der Waals surface area contributed by atoms with Crippen molar-refractivity contribution in [3.05, 3.63) is 52.6 Å². The fourth-order valence-electron chi connectivity index (χ4n) is 3.72. The zero-order valence-electron chi connectivity index (χ0n) is 13.5. The number of aliphatic hydroxyl groups is 2. The van der Waals surface area contributed by atoms with Gasteiger partial charge in [-0.15, -0.1) is 0 Å². The van der Waals surface area contributed by atoms with E-state index >= 15 is 0 Å². The van der Waals surface area contributed by atoms with Crippen LogP contribution in [0.2, 0.25) is 0 Å². The Kier molecular flexibility index (Phi) is 2.64. The Morgan fingerprint density at radius 3 is 2.52 bits per heavy atom. The number of hydrogen-bond acceptors (Lipinski definition) is 4. The summed E-state index contributed by atoms with van der Waals surface area (Å²) in [5.74, 6) is -2.13. The second-order valence-corrected chi connectivity index (χ2v) is 7.56. The molecule has 1 heterocycles. The molecule has 0 amide bonds. The van der Waals surface area contributed by atoms with Gasteiger partial charge in [-0.3, -0.25) is 4.79 Å². The van der Waals surface area contributed by atoms with Crippen molar-refractivity contribution in [1.29, 1.82) is 0 Å². The normalized spacial score (nSPS) is 31.8. The minimum atomic E-state index is -2.06. The summed E-state index contributed by atoms with van der Waals surface area (Å²) in [5, 5.41) is 22.3.